The first kappa shape index (κ1) is 13.8. The van der Waals surface area contributed by atoms with Gasteiger partial charge < -0.3 is 9.84 Å². The van der Waals surface area contributed by atoms with E-state index in [0.29, 0.717) is 5.56 Å². The molecule has 1 rings (SSSR count). The molecule has 0 aromatic heterocycles. The molecule has 0 saturated carbocycles. The second-order valence-electron chi connectivity index (χ2n) is 3.60. The summed E-state index contributed by atoms with van der Waals surface area (Å²) in [5.74, 6) is -0.462. The highest BCUT2D eigenvalue weighted by Crippen LogP contribution is 2.34. The van der Waals surface area contributed by atoms with Crippen LogP contribution in [0, 0.1) is 6.92 Å². The van der Waals surface area contributed by atoms with E-state index < -0.39 is 17.7 Å². The van der Waals surface area contributed by atoms with E-state index in [1.807, 2.05) is 0 Å². The Hall–Kier alpha value is -1.23. The summed E-state index contributed by atoms with van der Waals surface area (Å²) < 4.78 is 42.9. The van der Waals surface area contributed by atoms with Gasteiger partial charge in [0.2, 0.25) is 0 Å². The minimum absolute atomic E-state index is 0.138. The minimum atomic E-state index is -4.43. The summed E-state index contributed by atoms with van der Waals surface area (Å²) in [6, 6.07) is 3.39. The van der Waals surface area contributed by atoms with E-state index in [1.165, 1.54) is 6.07 Å². The number of aliphatic hydroxyl groups is 1. The minimum Gasteiger partial charge on any atom is -0.494 e. The zero-order valence-electron chi connectivity index (χ0n) is 9.42. The van der Waals surface area contributed by atoms with E-state index in [9.17, 15) is 13.2 Å². The van der Waals surface area contributed by atoms with Crippen molar-refractivity contribution in [3.63, 3.8) is 0 Å². The fourth-order valence-corrected chi connectivity index (χ4v) is 1.38. The van der Waals surface area contributed by atoms with Gasteiger partial charge in [-0.3, -0.25) is 0 Å². The van der Waals surface area contributed by atoms with Crippen molar-refractivity contribution in [2.45, 2.75) is 19.0 Å². The average Bonchev–Trinajstić information content (AvgIpc) is 2.27. The average molecular weight is 247 g/mol. The Morgan fingerprint density at radius 1 is 1.35 bits per heavy atom. The predicted molar refractivity (Wildman–Crippen MR) is 57.8 cm³/mol. The van der Waals surface area contributed by atoms with Gasteiger partial charge in [0.05, 0.1) is 12.2 Å². The van der Waals surface area contributed by atoms with Crippen LogP contribution in [0.5, 0.6) is 5.75 Å². The van der Waals surface area contributed by atoms with Gasteiger partial charge in [0.1, 0.15) is 5.75 Å². The number of hydrogen-bond donors (Lipinski definition) is 1. The molecule has 0 fully saturated rings. The molecule has 1 unspecified atom stereocenters. The van der Waals surface area contributed by atoms with Crippen molar-refractivity contribution in [2.75, 3.05) is 13.2 Å². The van der Waals surface area contributed by atoms with Crippen LogP contribution in [0.25, 0.3) is 0 Å². The molecule has 2 nitrogen and oxygen atoms in total. The highest BCUT2D eigenvalue weighted by molar-refractivity contribution is 5.38. The molecular weight excluding hydrogens is 233 g/mol. The summed E-state index contributed by atoms with van der Waals surface area (Å²) >= 11 is 0. The Balaban J connectivity index is 3.18. The number of ether oxygens (including phenoxy) is 1. The van der Waals surface area contributed by atoms with Crippen LogP contribution in [0.2, 0.25) is 0 Å². The molecule has 1 atom stereocenters. The summed E-state index contributed by atoms with van der Waals surface area (Å²) in [5.41, 5.74) is -0.480. The molecule has 95 valence electrons. The van der Waals surface area contributed by atoms with Gasteiger partial charge >= 0.3 is 6.18 Å². The van der Waals surface area contributed by atoms with E-state index in [1.54, 1.807) is 6.92 Å². The quantitative estimate of drug-likeness (QED) is 0.886. The molecule has 0 heterocycles. The first-order valence-corrected chi connectivity index (χ1v) is 5.17. The zero-order chi connectivity index (χ0) is 13.1. The van der Waals surface area contributed by atoms with E-state index in [-0.39, 0.29) is 19.0 Å². The Bertz CT molecular complexity index is 375. The van der Waals surface area contributed by atoms with Crippen molar-refractivity contribution in [1.82, 2.24) is 0 Å². The van der Waals surface area contributed by atoms with Gasteiger partial charge in [-0.2, -0.15) is 13.2 Å². The molecule has 1 aromatic carbocycles. The third-order valence-electron chi connectivity index (χ3n) is 2.26. The molecule has 17 heavy (non-hydrogen) atoms. The van der Waals surface area contributed by atoms with Gasteiger partial charge in [-0.1, -0.05) is 0 Å². The van der Waals surface area contributed by atoms with Gasteiger partial charge in [0.25, 0.3) is 0 Å². The van der Waals surface area contributed by atoms with Crippen LogP contribution in [0.15, 0.2) is 18.2 Å². The molecule has 5 heteroatoms. The van der Waals surface area contributed by atoms with Crippen molar-refractivity contribution in [3.8, 4) is 5.75 Å². The van der Waals surface area contributed by atoms with Crippen LogP contribution in [-0.4, -0.2) is 18.3 Å². The molecule has 1 N–H and O–H groups in total. The summed E-state index contributed by atoms with van der Waals surface area (Å²) in [4.78, 5) is 0. The zero-order valence-corrected chi connectivity index (χ0v) is 9.42. The van der Waals surface area contributed by atoms with E-state index in [2.05, 4.69) is 6.92 Å². The van der Waals surface area contributed by atoms with Crippen LogP contribution < -0.4 is 4.74 Å². The molecule has 0 aliphatic rings. The number of alkyl halides is 3. The van der Waals surface area contributed by atoms with Gasteiger partial charge in [0, 0.05) is 12.5 Å². The molecule has 0 spiro atoms. The Kier molecular flexibility index (Phi) is 4.40. The third-order valence-corrected chi connectivity index (χ3v) is 2.26. The normalized spacial score (nSPS) is 13.5. The maximum absolute atomic E-state index is 12.6. The lowest BCUT2D eigenvalue weighted by atomic mass is 9.99. The van der Waals surface area contributed by atoms with Crippen LogP contribution in [0.1, 0.15) is 24.0 Å². The largest absolute Gasteiger partial charge is 0.494 e. The molecule has 1 radical (unpaired) electrons. The Morgan fingerprint density at radius 3 is 2.47 bits per heavy atom. The van der Waals surface area contributed by atoms with Gasteiger partial charge in [-0.25, -0.2) is 0 Å². The number of rotatable bonds is 4. The smallest absolute Gasteiger partial charge is 0.416 e. The number of hydrogen-bond acceptors (Lipinski definition) is 2. The molecule has 0 aliphatic heterocycles. The molecule has 0 amide bonds. The van der Waals surface area contributed by atoms with Crippen LogP contribution in [0.3, 0.4) is 0 Å². The van der Waals surface area contributed by atoms with Gasteiger partial charge in [-0.05, 0) is 37.6 Å². The molecule has 0 saturated heterocycles. The lowest BCUT2D eigenvalue weighted by Crippen LogP contribution is -2.09. The van der Waals surface area contributed by atoms with Crippen LogP contribution >= 0.6 is 0 Å². The summed E-state index contributed by atoms with van der Waals surface area (Å²) in [6.07, 6.45) is -4.43. The second kappa shape index (κ2) is 5.40. The highest BCUT2D eigenvalue weighted by atomic mass is 19.4. The van der Waals surface area contributed by atoms with E-state index in [4.69, 9.17) is 9.84 Å². The van der Waals surface area contributed by atoms with Crippen molar-refractivity contribution < 1.29 is 23.0 Å². The van der Waals surface area contributed by atoms with E-state index >= 15 is 0 Å². The van der Waals surface area contributed by atoms with Gasteiger partial charge in [-0.15, -0.1) is 0 Å². The van der Waals surface area contributed by atoms with Crippen LogP contribution in [-0.2, 0) is 6.18 Å². The van der Waals surface area contributed by atoms with Crippen molar-refractivity contribution in [1.29, 1.82) is 0 Å². The van der Waals surface area contributed by atoms with Crippen molar-refractivity contribution >= 4 is 0 Å². The summed E-state index contributed by atoms with van der Waals surface area (Å²) in [7, 11) is 0. The van der Waals surface area contributed by atoms with Crippen molar-refractivity contribution in [2.24, 2.45) is 0 Å². The van der Waals surface area contributed by atoms with Crippen molar-refractivity contribution in [3.05, 3.63) is 36.2 Å². The Morgan fingerprint density at radius 2 is 2.00 bits per heavy atom. The lowest BCUT2D eigenvalue weighted by molar-refractivity contribution is -0.137. The second-order valence-corrected chi connectivity index (χ2v) is 3.60. The van der Waals surface area contributed by atoms with Gasteiger partial charge in [0.15, 0.2) is 0 Å². The Labute approximate surface area is 98.0 Å². The SMILES string of the molecule is [CH2]C(CO)c1cc(OCC)cc(C(F)(F)F)c1. The van der Waals surface area contributed by atoms with Crippen LogP contribution in [0.4, 0.5) is 13.2 Å². The first-order valence-electron chi connectivity index (χ1n) is 5.17. The first-order chi connectivity index (χ1) is 7.88. The summed E-state index contributed by atoms with van der Waals surface area (Å²) in [5, 5.41) is 8.92. The summed E-state index contributed by atoms with van der Waals surface area (Å²) in [6.45, 7) is 5.23. The topological polar surface area (TPSA) is 29.5 Å². The molecular formula is C12H14F3O2. The highest BCUT2D eigenvalue weighted by Gasteiger charge is 2.31. The number of benzene rings is 1. The third kappa shape index (κ3) is 3.63. The van der Waals surface area contributed by atoms with E-state index in [0.717, 1.165) is 12.1 Å². The standard InChI is InChI=1S/C12H14F3O2/c1-3-17-11-5-9(8(2)7-16)4-10(6-11)12(13,14)15/h4-6,8,16H,2-3,7H2,1H3. The number of halogens is 3. The fraction of sp³-hybridized carbons (Fsp3) is 0.417. The lowest BCUT2D eigenvalue weighted by Gasteiger charge is -2.15. The molecule has 0 aliphatic carbocycles. The molecule has 0 bridgehead atoms. The maximum atomic E-state index is 12.6. The fourth-order valence-electron chi connectivity index (χ4n) is 1.38. The predicted octanol–water partition coefficient (Wildman–Crippen LogP) is 3.01. The monoisotopic (exact) mass is 247 g/mol. The molecule has 1 aromatic rings. The maximum Gasteiger partial charge on any atom is 0.416 e. The number of aliphatic hydroxyl groups excluding tert-OH is 1.